The van der Waals surface area contributed by atoms with Crippen molar-refractivity contribution in [3.8, 4) is 5.75 Å². The average molecular weight is 265 g/mol. The highest BCUT2D eigenvalue weighted by Crippen LogP contribution is 2.35. The van der Waals surface area contributed by atoms with Gasteiger partial charge in [-0.05, 0) is 17.2 Å². The Bertz CT molecular complexity index is 413. The lowest BCUT2D eigenvalue weighted by molar-refractivity contribution is -0.120. The summed E-state index contributed by atoms with van der Waals surface area (Å²) in [6.45, 7) is 6.85. The Morgan fingerprint density at radius 1 is 1.33 bits per heavy atom. The monoisotopic (exact) mass is 265 g/mol. The van der Waals surface area contributed by atoms with Crippen molar-refractivity contribution in [2.45, 2.75) is 31.6 Å². The first-order valence-corrected chi connectivity index (χ1v) is 9.81. The van der Waals surface area contributed by atoms with Crippen LogP contribution < -0.4 is 10.1 Å². The van der Waals surface area contributed by atoms with Crippen molar-refractivity contribution < 1.29 is 9.53 Å². The fraction of sp³-hybridized carbons (Fsp3) is 0.500. The number of rotatable bonds is 5. The zero-order valence-electron chi connectivity index (χ0n) is 11.9. The van der Waals surface area contributed by atoms with Crippen LogP contribution in [0.2, 0.25) is 19.6 Å². The molecule has 18 heavy (non-hydrogen) atoms. The Kier molecular flexibility index (Phi) is 4.96. The molecule has 0 radical (unpaired) electrons. The third-order valence-electron chi connectivity index (χ3n) is 3.23. The van der Waals surface area contributed by atoms with Gasteiger partial charge in [0.15, 0.2) is 0 Å². The van der Waals surface area contributed by atoms with E-state index in [9.17, 15) is 4.79 Å². The van der Waals surface area contributed by atoms with Gasteiger partial charge in [0.05, 0.1) is 15.2 Å². The maximum atomic E-state index is 11.7. The number of benzene rings is 1. The second-order valence-corrected chi connectivity index (χ2v) is 11.0. The summed E-state index contributed by atoms with van der Waals surface area (Å²) in [6, 6.07) is 8.01. The topological polar surface area (TPSA) is 38.3 Å². The Labute approximate surface area is 111 Å². The van der Waals surface area contributed by atoms with Crippen LogP contribution in [-0.2, 0) is 4.79 Å². The van der Waals surface area contributed by atoms with E-state index in [4.69, 9.17) is 4.74 Å². The first-order chi connectivity index (χ1) is 8.40. The molecule has 1 rings (SSSR count). The number of nitrogens with one attached hydrogen (secondary N) is 1. The van der Waals surface area contributed by atoms with E-state index in [0.717, 1.165) is 11.3 Å². The fourth-order valence-electron chi connectivity index (χ4n) is 2.12. The van der Waals surface area contributed by atoms with Crippen LogP contribution in [0, 0.1) is 0 Å². The van der Waals surface area contributed by atoms with Gasteiger partial charge in [-0.3, -0.25) is 4.79 Å². The van der Waals surface area contributed by atoms with E-state index in [-0.39, 0.29) is 11.4 Å². The predicted molar refractivity (Wildman–Crippen MR) is 77.8 cm³/mol. The van der Waals surface area contributed by atoms with Crippen molar-refractivity contribution in [2.75, 3.05) is 14.2 Å². The van der Waals surface area contributed by atoms with Gasteiger partial charge in [-0.25, -0.2) is 0 Å². The van der Waals surface area contributed by atoms with Gasteiger partial charge in [0.2, 0.25) is 5.91 Å². The van der Waals surface area contributed by atoms with Gasteiger partial charge in [0, 0.05) is 13.5 Å². The molecule has 0 heterocycles. The number of amides is 1. The number of methoxy groups -OCH3 is 1. The van der Waals surface area contributed by atoms with Gasteiger partial charge in [0.1, 0.15) is 5.75 Å². The van der Waals surface area contributed by atoms with E-state index in [1.165, 1.54) is 0 Å². The smallest absolute Gasteiger partial charge is 0.220 e. The van der Waals surface area contributed by atoms with Crippen LogP contribution in [0.4, 0.5) is 0 Å². The second-order valence-electron chi connectivity index (χ2n) is 5.54. The Hall–Kier alpha value is -1.29. The first-order valence-electron chi connectivity index (χ1n) is 6.23. The summed E-state index contributed by atoms with van der Waals surface area (Å²) in [5, 5.41) is 2.72. The molecule has 0 aliphatic carbocycles. The van der Waals surface area contributed by atoms with Gasteiger partial charge in [-0.2, -0.15) is 0 Å². The molecule has 0 fully saturated rings. The molecule has 100 valence electrons. The quantitative estimate of drug-likeness (QED) is 0.831. The van der Waals surface area contributed by atoms with Crippen LogP contribution in [0.5, 0.6) is 5.75 Å². The molecule has 0 aliphatic rings. The van der Waals surface area contributed by atoms with Crippen LogP contribution in [0.15, 0.2) is 24.3 Å². The Morgan fingerprint density at radius 3 is 2.44 bits per heavy atom. The number of carbonyl (C=O) groups excluding carboxylic acids is 1. The highest BCUT2D eigenvalue weighted by molar-refractivity contribution is 6.77. The molecule has 1 aromatic carbocycles. The maximum Gasteiger partial charge on any atom is 0.220 e. The highest BCUT2D eigenvalue weighted by Gasteiger charge is 2.31. The van der Waals surface area contributed by atoms with Gasteiger partial charge in [-0.15, -0.1) is 0 Å². The molecule has 4 heteroatoms. The normalized spacial score (nSPS) is 12.9. The predicted octanol–water partition coefficient (Wildman–Crippen LogP) is 2.79. The standard InChI is InChI=1S/C14H23NO2Si/c1-15-14(16)10-13(18(3,4)5)11-8-6-7-9-12(11)17-2/h6-9,13H,10H2,1-5H3,(H,15,16)/t13-/m1/s1. The summed E-state index contributed by atoms with van der Waals surface area (Å²) in [5.74, 6) is 0.974. The van der Waals surface area contributed by atoms with Gasteiger partial charge < -0.3 is 10.1 Å². The summed E-state index contributed by atoms with van der Waals surface area (Å²) in [4.78, 5) is 11.7. The molecular weight excluding hydrogens is 242 g/mol. The third-order valence-corrected chi connectivity index (χ3v) is 5.83. The van der Waals surface area contributed by atoms with Crippen molar-refractivity contribution in [1.82, 2.24) is 5.32 Å². The molecule has 1 N–H and O–H groups in total. The summed E-state index contributed by atoms with van der Waals surface area (Å²) in [5.41, 5.74) is 1.43. The van der Waals surface area contributed by atoms with Crippen molar-refractivity contribution in [3.63, 3.8) is 0 Å². The van der Waals surface area contributed by atoms with Crippen molar-refractivity contribution >= 4 is 14.0 Å². The Morgan fingerprint density at radius 2 is 1.94 bits per heavy atom. The van der Waals surface area contributed by atoms with Gasteiger partial charge in [0.25, 0.3) is 0 Å². The van der Waals surface area contributed by atoms with Gasteiger partial charge in [-0.1, -0.05) is 37.8 Å². The number of hydrogen-bond donors (Lipinski definition) is 1. The van der Waals surface area contributed by atoms with E-state index < -0.39 is 8.07 Å². The summed E-state index contributed by atoms with van der Waals surface area (Å²) < 4.78 is 5.43. The van der Waals surface area contributed by atoms with Crippen LogP contribution in [0.25, 0.3) is 0 Å². The van der Waals surface area contributed by atoms with E-state index in [2.05, 4.69) is 31.0 Å². The lowest BCUT2D eigenvalue weighted by atomic mass is 10.1. The van der Waals surface area contributed by atoms with Crippen LogP contribution in [0.1, 0.15) is 17.5 Å². The van der Waals surface area contributed by atoms with Crippen molar-refractivity contribution in [2.24, 2.45) is 0 Å². The molecule has 0 saturated heterocycles. The molecule has 0 bridgehead atoms. The maximum absolute atomic E-state index is 11.7. The molecule has 0 aromatic heterocycles. The molecular formula is C14H23NO2Si. The zero-order chi connectivity index (χ0) is 13.8. The number of ether oxygens (including phenoxy) is 1. The number of hydrogen-bond acceptors (Lipinski definition) is 2. The highest BCUT2D eigenvalue weighted by atomic mass is 28.3. The second kappa shape index (κ2) is 6.04. The molecule has 0 unspecified atom stereocenters. The summed E-state index contributed by atoms with van der Waals surface area (Å²) in [6.07, 6.45) is 0.534. The zero-order valence-corrected chi connectivity index (χ0v) is 12.9. The SMILES string of the molecule is CNC(=O)C[C@H](c1ccccc1OC)[Si](C)(C)C. The minimum absolute atomic E-state index is 0.0910. The first kappa shape index (κ1) is 14.8. The molecule has 0 saturated carbocycles. The number of para-hydroxylation sites is 1. The lowest BCUT2D eigenvalue weighted by Crippen LogP contribution is -2.35. The van der Waals surface area contributed by atoms with E-state index in [0.29, 0.717) is 6.42 Å². The molecule has 0 spiro atoms. The molecule has 3 nitrogen and oxygen atoms in total. The van der Waals surface area contributed by atoms with E-state index in [1.807, 2.05) is 18.2 Å². The third kappa shape index (κ3) is 3.60. The van der Waals surface area contributed by atoms with Crippen LogP contribution in [0.3, 0.4) is 0 Å². The molecule has 1 atom stereocenters. The fourth-order valence-corrected chi connectivity index (χ4v) is 4.09. The van der Waals surface area contributed by atoms with Crippen molar-refractivity contribution in [1.29, 1.82) is 0 Å². The Balaban J connectivity index is 3.13. The van der Waals surface area contributed by atoms with E-state index >= 15 is 0 Å². The molecule has 0 aliphatic heterocycles. The minimum Gasteiger partial charge on any atom is -0.496 e. The van der Waals surface area contributed by atoms with Gasteiger partial charge >= 0.3 is 0 Å². The average Bonchev–Trinajstić information content (AvgIpc) is 2.34. The minimum atomic E-state index is -1.50. The van der Waals surface area contributed by atoms with Crippen molar-refractivity contribution in [3.05, 3.63) is 29.8 Å². The van der Waals surface area contributed by atoms with Crippen LogP contribution >= 0.6 is 0 Å². The molecule has 1 amide bonds. The lowest BCUT2D eigenvalue weighted by Gasteiger charge is -2.30. The number of carbonyl (C=O) groups is 1. The van der Waals surface area contributed by atoms with Crippen LogP contribution in [-0.4, -0.2) is 28.1 Å². The molecule has 1 aromatic rings. The summed E-state index contributed by atoms with van der Waals surface area (Å²) in [7, 11) is 1.87. The van der Waals surface area contributed by atoms with E-state index in [1.54, 1.807) is 14.2 Å². The largest absolute Gasteiger partial charge is 0.496 e. The summed E-state index contributed by atoms with van der Waals surface area (Å²) >= 11 is 0.